The molecule has 0 bridgehead atoms. The molecule has 0 amide bonds. The minimum atomic E-state index is -3.95. The van der Waals surface area contributed by atoms with E-state index in [0.717, 1.165) is 18.2 Å². The first-order valence-corrected chi connectivity index (χ1v) is 5.48. The summed E-state index contributed by atoms with van der Waals surface area (Å²) in [5.74, 6) is -0.656. The SMILES string of the molecule is [C-]#[N+]c1cc(F)ccc1S(=O)(=O)OCC. The lowest BCUT2D eigenvalue weighted by molar-refractivity contribution is 0.338. The Hall–Kier alpha value is -1.45. The van der Waals surface area contributed by atoms with E-state index in [4.69, 9.17) is 6.57 Å². The van der Waals surface area contributed by atoms with Crippen LogP contribution in [0, 0.1) is 12.4 Å². The molecule has 0 aliphatic rings. The van der Waals surface area contributed by atoms with Crippen LogP contribution in [-0.2, 0) is 14.3 Å². The van der Waals surface area contributed by atoms with Crippen LogP contribution in [0.15, 0.2) is 23.1 Å². The molecule has 6 heteroatoms. The molecular formula is C9H8FNO3S. The van der Waals surface area contributed by atoms with Gasteiger partial charge in [0.2, 0.25) is 5.69 Å². The molecular weight excluding hydrogens is 221 g/mol. The zero-order valence-corrected chi connectivity index (χ0v) is 8.71. The van der Waals surface area contributed by atoms with Crippen LogP contribution in [0.5, 0.6) is 0 Å². The third-order valence-corrected chi connectivity index (χ3v) is 3.01. The van der Waals surface area contributed by atoms with E-state index in [1.165, 1.54) is 6.92 Å². The van der Waals surface area contributed by atoms with Gasteiger partial charge in [0.15, 0.2) is 0 Å². The van der Waals surface area contributed by atoms with Gasteiger partial charge in [0.25, 0.3) is 10.1 Å². The standard InChI is InChI=1S/C9H8FNO3S/c1-3-14-15(12,13)9-5-4-7(10)6-8(9)11-2/h4-6H,3H2,1H3. The van der Waals surface area contributed by atoms with Crippen LogP contribution >= 0.6 is 0 Å². The van der Waals surface area contributed by atoms with Crippen molar-refractivity contribution in [1.29, 1.82) is 0 Å². The Morgan fingerprint density at radius 3 is 2.73 bits per heavy atom. The number of rotatable bonds is 3. The van der Waals surface area contributed by atoms with Crippen molar-refractivity contribution in [2.45, 2.75) is 11.8 Å². The summed E-state index contributed by atoms with van der Waals surface area (Å²) in [5, 5.41) is 0. The van der Waals surface area contributed by atoms with Crippen LogP contribution in [0.2, 0.25) is 0 Å². The monoisotopic (exact) mass is 229 g/mol. The van der Waals surface area contributed by atoms with Gasteiger partial charge in [0.05, 0.1) is 13.2 Å². The average Bonchev–Trinajstić information content (AvgIpc) is 2.17. The van der Waals surface area contributed by atoms with Gasteiger partial charge in [-0.05, 0) is 25.1 Å². The van der Waals surface area contributed by atoms with Gasteiger partial charge < -0.3 is 0 Å². The Kier molecular flexibility index (Phi) is 3.39. The van der Waals surface area contributed by atoms with Crippen molar-refractivity contribution in [2.75, 3.05) is 6.61 Å². The Bertz CT molecular complexity index is 505. The van der Waals surface area contributed by atoms with Crippen molar-refractivity contribution < 1.29 is 17.0 Å². The lowest BCUT2D eigenvalue weighted by atomic mass is 10.3. The summed E-state index contributed by atoms with van der Waals surface area (Å²) in [6.45, 7) is 8.21. The maximum absolute atomic E-state index is 12.7. The molecule has 0 unspecified atom stereocenters. The second-order valence-corrected chi connectivity index (χ2v) is 4.17. The third kappa shape index (κ3) is 2.52. The van der Waals surface area contributed by atoms with Crippen LogP contribution in [0.1, 0.15) is 6.92 Å². The molecule has 80 valence electrons. The molecule has 0 aliphatic heterocycles. The van der Waals surface area contributed by atoms with Crippen LogP contribution in [0.4, 0.5) is 10.1 Å². The van der Waals surface area contributed by atoms with Crippen molar-refractivity contribution in [3.05, 3.63) is 35.4 Å². The van der Waals surface area contributed by atoms with Gasteiger partial charge in [-0.1, -0.05) is 0 Å². The molecule has 0 saturated heterocycles. The molecule has 0 radical (unpaired) electrons. The lowest BCUT2D eigenvalue weighted by Gasteiger charge is -2.04. The summed E-state index contributed by atoms with van der Waals surface area (Å²) in [7, 11) is -3.95. The smallest absolute Gasteiger partial charge is 0.268 e. The third-order valence-electron chi connectivity index (χ3n) is 1.58. The fourth-order valence-corrected chi connectivity index (χ4v) is 2.04. The number of nitrogens with zero attached hydrogens (tertiary/aromatic N) is 1. The maximum atomic E-state index is 12.7. The molecule has 0 atom stereocenters. The second kappa shape index (κ2) is 4.38. The predicted octanol–water partition coefficient (Wildman–Crippen LogP) is 2.10. The molecule has 0 fully saturated rings. The summed E-state index contributed by atoms with van der Waals surface area (Å²) >= 11 is 0. The largest absolute Gasteiger partial charge is 0.287 e. The van der Waals surface area contributed by atoms with E-state index in [2.05, 4.69) is 9.03 Å². The van der Waals surface area contributed by atoms with E-state index in [0.29, 0.717) is 0 Å². The lowest BCUT2D eigenvalue weighted by Crippen LogP contribution is -2.06. The highest BCUT2D eigenvalue weighted by Crippen LogP contribution is 2.26. The zero-order valence-electron chi connectivity index (χ0n) is 7.90. The van der Waals surface area contributed by atoms with Crippen molar-refractivity contribution in [2.24, 2.45) is 0 Å². The summed E-state index contributed by atoms with van der Waals surface area (Å²) in [4.78, 5) is 2.63. The molecule has 1 aromatic rings. The van der Waals surface area contributed by atoms with Crippen molar-refractivity contribution in [3.8, 4) is 0 Å². The molecule has 0 spiro atoms. The topological polar surface area (TPSA) is 47.7 Å². The number of hydrogen-bond acceptors (Lipinski definition) is 3. The van der Waals surface area contributed by atoms with Gasteiger partial charge in [-0.3, -0.25) is 4.18 Å². The van der Waals surface area contributed by atoms with Crippen LogP contribution in [-0.4, -0.2) is 15.0 Å². The molecule has 1 aromatic carbocycles. The predicted molar refractivity (Wildman–Crippen MR) is 51.5 cm³/mol. The molecule has 0 saturated carbocycles. The Labute approximate surface area is 87.2 Å². The van der Waals surface area contributed by atoms with E-state index in [9.17, 15) is 12.8 Å². The molecule has 0 N–H and O–H groups in total. The van der Waals surface area contributed by atoms with Crippen LogP contribution in [0.3, 0.4) is 0 Å². The first-order chi connectivity index (χ1) is 7.01. The number of hydrogen-bond donors (Lipinski definition) is 0. The van der Waals surface area contributed by atoms with E-state index >= 15 is 0 Å². The minimum absolute atomic E-state index is 0.0306. The molecule has 4 nitrogen and oxygen atoms in total. The van der Waals surface area contributed by atoms with Gasteiger partial charge in [-0.25, -0.2) is 9.24 Å². The van der Waals surface area contributed by atoms with Crippen LogP contribution < -0.4 is 0 Å². The zero-order chi connectivity index (χ0) is 11.5. The average molecular weight is 229 g/mol. The fourth-order valence-electron chi connectivity index (χ4n) is 1.01. The first kappa shape index (κ1) is 11.6. The normalized spacial score (nSPS) is 11.0. The van der Waals surface area contributed by atoms with Gasteiger partial charge in [-0.15, -0.1) is 0 Å². The maximum Gasteiger partial charge on any atom is 0.287 e. The molecule has 0 aromatic heterocycles. The quantitative estimate of drug-likeness (QED) is 0.589. The Balaban J connectivity index is 3.33. The molecule has 15 heavy (non-hydrogen) atoms. The highest BCUT2D eigenvalue weighted by Gasteiger charge is 2.19. The van der Waals surface area contributed by atoms with Gasteiger partial charge in [0, 0.05) is 0 Å². The Morgan fingerprint density at radius 1 is 1.53 bits per heavy atom. The molecule has 0 aliphatic carbocycles. The first-order valence-electron chi connectivity index (χ1n) is 4.07. The van der Waals surface area contributed by atoms with E-state index < -0.39 is 15.9 Å². The van der Waals surface area contributed by atoms with Gasteiger partial charge in [0.1, 0.15) is 10.7 Å². The van der Waals surface area contributed by atoms with Crippen LogP contribution in [0.25, 0.3) is 4.85 Å². The minimum Gasteiger partial charge on any atom is -0.268 e. The van der Waals surface area contributed by atoms with Gasteiger partial charge >= 0.3 is 0 Å². The summed E-state index contributed by atoms with van der Waals surface area (Å²) in [5.41, 5.74) is -0.275. The fraction of sp³-hybridized carbons (Fsp3) is 0.222. The van der Waals surface area contributed by atoms with E-state index in [1.807, 2.05) is 0 Å². The molecule has 0 heterocycles. The number of benzene rings is 1. The Morgan fingerprint density at radius 2 is 2.20 bits per heavy atom. The van der Waals surface area contributed by atoms with Gasteiger partial charge in [-0.2, -0.15) is 8.42 Å². The summed E-state index contributed by atoms with van der Waals surface area (Å²) in [6.07, 6.45) is 0. The summed E-state index contributed by atoms with van der Waals surface area (Å²) in [6, 6.07) is 2.85. The highest BCUT2D eigenvalue weighted by atomic mass is 32.2. The second-order valence-electron chi connectivity index (χ2n) is 2.58. The van der Waals surface area contributed by atoms with Crippen molar-refractivity contribution in [1.82, 2.24) is 0 Å². The number of halogens is 1. The molecule has 1 rings (SSSR count). The van der Waals surface area contributed by atoms with Crippen molar-refractivity contribution >= 4 is 15.8 Å². The summed E-state index contributed by atoms with van der Waals surface area (Å²) < 4.78 is 40.1. The van der Waals surface area contributed by atoms with E-state index in [1.54, 1.807) is 0 Å². The van der Waals surface area contributed by atoms with Crippen molar-refractivity contribution in [3.63, 3.8) is 0 Å². The van der Waals surface area contributed by atoms with E-state index in [-0.39, 0.29) is 17.2 Å². The highest BCUT2D eigenvalue weighted by molar-refractivity contribution is 7.87.